The first kappa shape index (κ1) is 17.1. The van der Waals surface area contributed by atoms with Crippen molar-refractivity contribution in [2.45, 2.75) is 12.5 Å². The average Bonchev–Trinajstić information content (AvgIpc) is 3.07. The van der Waals surface area contributed by atoms with E-state index < -0.39 is 0 Å². The van der Waals surface area contributed by atoms with Crippen molar-refractivity contribution in [2.24, 2.45) is 0 Å². The number of carbonyl (C=O) groups is 1. The summed E-state index contributed by atoms with van der Waals surface area (Å²) in [4.78, 5) is 15.3. The molecule has 0 bridgehead atoms. The highest BCUT2D eigenvalue weighted by atomic mass is 35.5. The van der Waals surface area contributed by atoms with Gasteiger partial charge in [0.1, 0.15) is 0 Å². The highest BCUT2D eigenvalue weighted by Crippen LogP contribution is 2.42. The zero-order chi connectivity index (χ0) is 18.1. The number of hydrogen-bond donors (Lipinski definition) is 0. The molecule has 3 aromatic rings. The molecule has 1 aliphatic rings. The van der Waals surface area contributed by atoms with Gasteiger partial charge in [-0.15, -0.1) is 11.3 Å². The molecule has 0 saturated heterocycles. The largest absolute Gasteiger partial charge is 0.333 e. The van der Waals surface area contributed by atoms with Gasteiger partial charge < -0.3 is 4.90 Å². The van der Waals surface area contributed by atoms with Crippen LogP contribution in [0.2, 0.25) is 4.34 Å². The molecule has 4 rings (SSSR count). The van der Waals surface area contributed by atoms with Gasteiger partial charge in [0.15, 0.2) is 0 Å². The third-order valence-corrected chi connectivity index (χ3v) is 6.10. The Morgan fingerprint density at radius 2 is 1.85 bits per heavy atom. The van der Waals surface area contributed by atoms with Gasteiger partial charge in [-0.2, -0.15) is 0 Å². The third kappa shape index (κ3) is 3.09. The molecule has 0 radical (unpaired) electrons. The second kappa shape index (κ2) is 7.10. The number of halogens is 1. The van der Waals surface area contributed by atoms with Gasteiger partial charge in [0, 0.05) is 17.3 Å². The monoisotopic (exact) mass is 379 g/mol. The Kier molecular flexibility index (Phi) is 4.66. The molecule has 2 aromatic carbocycles. The fraction of sp³-hybridized carbons (Fsp3) is 0.136. The second-order valence-corrected chi connectivity index (χ2v) is 8.13. The summed E-state index contributed by atoms with van der Waals surface area (Å²) in [5.74, 6) is 0.0603. The lowest BCUT2D eigenvalue weighted by Crippen LogP contribution is -2.37. The first-order valence-corrected chi connectivity index (χ1v) is 9.70. The molecule has 130 valence electrons. The summed E-state index contributed by atoms with van der Waals surface area (Å²) in [7, 11) is 0. The first-order chi connectivity index (χ1) is 12.7. The minimum absolute atomic E-state index is 0.0395. The summed E-state index contributed by atoms with van der Waals surface area (Å²) >= 11 is 7.88. The summed E-state index contributed by atoms with van der Waals surface area (Å²) in [6.07, 6.45) is 1.39. The van der Waals surface area contributed by atoms with Gasteiger partial charge >= 0.3 is 0 Å². The highest BCUT2D eigenvalue weighted by Gasteiger charge is 2.31. The zero-order valence-electron chi connectivity index (χ0n) is 14.2. The van der Waals surface area contributed by atoms with Gasteiger partial charge in [0.05, 0.1) is 10.9 Å². The van der Waals surface area contributed by atoms with Gasteiger partial charge in [0.25, 0.3) is 0 Å². The van der Waals surface area contributed by atoms with E-state index in [-0.39, 0.29) is 11.8 Å². The van der Waals surface area contributed by atoms with E-state index in [2.05, 4.69) is 49.0 Å². The highest BCUT2D eigenvalue weighted by molar-refractivity contribution is 7.16. The number of rotatable bonds is 3. The lowest BCUT2D eigenvalue weighted by atomic mass is 9.84. The summed E-state index contributed by atoms with van der Waals surface area (Å²) in [6, 6.07) is 20.8. The zero-order valence-corrected chi connectivity index (χ0v) is 15.8. The Bertz CT molecular complexity index is 963. The van der Waals surface area contributed by atoms with Crippen LogP contribution in [0.25, 0.3) is 11.1 Å². The van der Waals surface area contributed by atoms with Crippen molar-refractivity contribution in [2.75, 3.05) is 6.54 Å². The van der Waals surface area contributed by atoms with Crippen molar-refractivity contribution in [1.82, 2.24) is 4.90 Å². The van der Waals surface area contributed by atoms with Crippen LogP contribution in [-0.2, 0) is 11.3 Å². The Balaban J connectivity index is 1.84. The van der Waals surface area contributed by atoms with Crippen LogP contribution >= 0.6 is 22.9 Å². The van der Waals surface area contributed by atoms with Crippen molar-refractivity contribution < 1.29 is 4.79 Å². The van der Waals surface area contributed by atoms with Gasteiger partial charge in [0.2, 0.25) is 5.91 Å². The van der Waals surface area contributed by atoms with Crippen LogP contribution < -0.4 is 0 Å². The number of carbonyl (C=O) groups excluding carboxylic acids is 1. The molecule has 0 N–H and O–H groups in total. The van der Waals surface area contributed by atoms with Crippen LogP contribution in [0.5, 0.6) is 0 Å². The Labute approximate surface area is 162 Å². The summed E-state index contributed by atoms with van der Waals surface area (Å²) < 4.78 is 0.769. The second-order valence-electron chi connectivity index (χ2n) is 6.36. The van der Waals surface area contributed by atoms with Crippen molar-refractivity contribution in [3.05, 3.63) is 93.7 Å². The maximum absolute atomic E-state index is 12.3. The van der Waals surface area contributed by atoms with Crippen molar-refractivity contribution in [3.63, 3.8) is 0 Å². The lowest BCUT2D eigenvalue weighted by Gasteiger charge is -2.33. The number of fused-ring (bicyclic) bond motifs is 1. The van der Waals surface area contributed by atoms with E-state index in [1.165, 1.54) is 28.3 Å². The summed E-state index contributed by atoms with van der Waals surface area (Å²) in [5.41, 5.74) is 4.82. The Morgan fingerprint density at radius 1 is 1.12 bits per heavy atom. The molecular weight excluding hydrogens is 362 g/mol. The molecule has 0 aliphatic carbocycles. The van der Waals surface area contributed by atoms with Crippen LogP contribution in [0, 0.1) is 0 Å². The summed E-state index contributed by atoms with van der Waals surface area (Å²) in [6.45, 7) is 4.88. The molecule has 4 heteroatoms. The molecule has 26 heavy (non-hydrogen) atoms. The van der Waals surface area contributed by atoms with E-state index in [1.807, 2.05) is 23.1 Å². The number of thiophene rings is 1. The SMILES string of the molecule is C=CC(=O)N1Cc2sc(Cl)cc2[C@H](c2ccccc2-c2ccccc2)C1. The fourth-order valence-electron chi connectivity index (χ4n) is 3.63. The van der Waals surface area contributed by atoms with Crippen LogP contribution in [0.3, 0.4) is 0 Å². The molecule has 0 unspecified atom stereocenters. The topological polar surface area (TPSA) is 20.3 Å². The first-order valence-electron chi connectivity index (χ1n) is 8.51. The lowest BCUT2D eigenvalue weighted by molar-refractivity contribution is -0.127. The van der Waals surface area contributed by atoms with Gasteiger partial charge in [-0.05, 0) is 34.4 Å². The van der Waals surface area contributed by atoms with Gasteiger partial charge in [-0.1, -0.05) is 72.8 Å². The van der Waals surface area contributed by atoms with E-state index in [0.717, 1.165) is 9.21 Å². The molecule has 0 saturated carbocycles. The van der Waals surface area contributed by atoms with E-state index in [0.29, 0.717) is 13.1 Å². The molecule has 0 spiro atoms. The van der Waals surface area contributed by atoms with E-state index in [1.54, 1.807) is 11.3 Å². The quantitative estimate of drug-likeness (QED) is 0.532. The molecular formula is C22H18ClNOS. The van der Waals surface area contributed by atoms with Gasteiger partial charge in [-0.25, -0.2) is 0 Å². The van der Waals surface area contributed by atoms with E-state index in [4.69, 9.17) is 11.6 Å². The third-order valence-electron chi connectivity index (χ3n) is 4.83. The minimum Gasteiger partial charge on any atom is -0.333 e. The average molecular weight is 380 g/mol. The van der Waals surface area contributed by atoms with Crippen LogP contribution in [0.4, 0.5) is 0 Å². The Hall–Kier alpha value is -2.36. The number of amides is 1. The molecule has 1 aromatic heterocycles. The normalized spacial score (nSPS) is 16.2. The predicted octanol–water partition coefficient (Wildman–Crippen LogP) is 5.73. The van der Waals surface area contributed by atoms with Crippen molar-refractivity contribution in [1.29, 1.82) is 0 Å². The summed E-state index contributed by atoms with van der Waals surface area (Å²) in [5, 5.41) is 0. The molecule has 0 fully saturated rings. The van der Waals surface area contributed by atoms with E-state index >= 15 is 0 Å². The fourth-order valence-corrected chi connectivity index (χ4v) is 4.99. The molecule has 2 nitrogen and oxygen atoms in total. The smallest absolute Gasteiger partial charge is 0.246 e. The molecule has 2 heterocycles. The van der Waals surface area contributed by atoms with E-state index in [9.17, 15) is 4.79 Å². The predicted molar refractivity (Wildman–Crippen MR) is 109 cm³/mol. The number of nitrogens with zero attached hydrogens (tertiary/aromatic N) is 1. The standard InChI is InChI=1S/C22H18ClNOS/c1-2-22(25)24-13-19(18-12-21(23)26-20(18)14-24)17-11-7-6-10-16(17)15-8-4-3-5-9-15/h2-12,19H,1,13-14H2/t19-/m0/s1. The van der Waals surface area contributed by atoms with Crippen LogP contribution in [0.1, 0.15) is 21.9 Å². The van der Waals surface area contributed by atoms with Crippen LogP contribution in [0.15, 0.2) is 73.3 Å². The number of benzene rings is 2. The molecule has 1 atom stereocenters. The minimum atomic E-state index is -0.0395. The maximum atomic E-state index is 12.3. The Morgan fingerprint density at radius 3 is 2.62 bits per heavy atom. The molecule has 1 amide bonds. The van der Waals surface area contributed by atoms with Crippen molar-refractivity contribution >= 4 is 28.8 Å². The number of hydrogen-bond acceptors (Lipinski definition) is 2. The maximum Gasteiger partial charge on any atom is 0.246 e. The molecule has 1 aliphatic heterocycles. The van der Waals surface area contributed by atoms with Crippen LogP contribution in [-0.4, -0.2) is 17.4 Å². The van der Waals surface area contributed by atoms with Crippen molar-refractivity contribution in [3.8, 4) is 11.1 Å². The van der Waals surface area contributed by atoms with Gasteiger partial charge in [-0.3, -0.25) is 4.79 Å².